The third-order valence-corrected chi connectivity index (χ3v) is 6.71. The van der Waals surface area contributed by atoms with Crippen LogP contribution in [-0.4, -0.2) is 0 Å². The summed E-state index contributed by atoms with van der Waals surface area (Å²) in [7, 11) is 0. The van der Waals surface area contributed by atoms with E-state index < -0.39 is 0 Å². The van der Waals surface area contributed by atoms with Gasteiger partial charge in [0.15, 0.2) is 0 Å². The summed E-state index contributed by atoms with van der Waals surface area (Å²) < 4.78 is 0. The van der Waals surface area contributed by atoms with Crippen molar-refractivity contribution >= 4 is 0 Å². The van der Waals surface area contributed by atoms with E-state index in [0.29, 0.717) is 10.8 Å². The zero-order chi connectivity index (χ0) is 13.5. The Kier molecular flexibility index (Phi) is 3.16. The van der Waals surface area contributed by atoms with E-state index in [9.17, 15) is 0 Å². The molecule has 0 N–H and O–H groups in total. The second kappa shape index (κ2) is 4.90. The van der Waals surface area contributed by atoms with Gasteiger partial charge in [0.1, 0.15) is 0 Å². The number of rotatable bonds is 0. The van der Waals surface area contributed by atoms with E-state index >= 15 is 0 Å². The quantitative estimate of drug-likeness (QED) is 0.475. The molecule has 3 atom stereocenters. The lowest BCUT2D eigenvalue weighted by Gasteiger charge is -2.44. The smallest absolute Gasteiger partial charge is 0.0141 e. The van der Waals surface area contributed by atoms with E-state index in [4.69, 9.17) is 0 Å². The van der Waals surface area contributed by atoms with Gasteiger partial charge < -0.3 is 0 Å². The van der Waals surface area contributed by atoms with Crippen LogP contribution in [0.5, 0.6) is 0 Å². The molecular weight excluding hydrogens is 240 g/mol. The highest BCUT2D eigenvalue weighted by molar-refractivity contribution is 5.50. The first kappa shape index (κ1) is 12.9. The molecule has 4 aliphatic rings. The molecule has 0 radical (unpaired) electrons. The van der Waals surface area contributed by atoms with E-state index in [1.165, 1.54) is 70.6 Å². The van der Waals surface area contributed by atoms with Crippen LogP contribution in [0.2, 0.25) is 0 Å². The van der Waals surface area contributed by atoms with Crippen LogP contribution in [0.15, 0.2) is 36.0 Å². The van der Waals surface area contributed by atoms with Crippen LogP contribution in [0.3, 0.4) is 0 Å². The molecule has 20 heavy (non-hydrogen) atoms. The van der Waals surface area contributed by atoms with Crippen LogP contribution in [0.4, 0.5) is 0 Å². The lowest BCUT2D eigenvalue weighted by Crippen LogP contribution is -2.37. The molecule has 0 heteroatoms. The first-order valence-corrected chi connectivity index (χ1v) is 8.96. The highest BCUT2D eigenvalue weighted by Gasteiger charge is 2.60. The van der Waals surface area contributed by atoms with Crippen molar-refractivity contribution in [1.82, 2.24) is 0 Å². The first-order chi connectivity index (χ1) is 9.87. The maximum atomic E-state index is 2.64. The first-order valence-electron chi connectivity index (χ1n) is 8.96. The molecule has 108 valence electrons. The molecule has 1 spiro atoms. The molecule has 0 aromatic rings. The van der Waals surface area contributed by atoms with Crippen LogP contribution >= 0.6 is 0 Å². The van der Waals surface area contributed by atoms with Crippen LogP contribution in [0.1, 0.15) is 70.6 Å². The minimum absolute atomic E-state index is 0.492. The van der Waals surface area contributed by atoms with E-state index in [-0.39, 0.29) is 0 Å². The third-order valence-electron chi connectivity index (χ3n) is 6.71. The van der Waals surface area contributed by atoms with Gasteiger partial charge in [0, 0.05) is 16.7 Å². The lowest BCUT2D eigenvalue weighted by molar-refractivity contribution is 0.114. The number of allylic oxidation sites excluding steroid dienone is 6. The Morgan fingerprint density at radius 3 is 2.30 bits per heavy atom. The summed E-state index contributed by atoms with van der Waals surface area (Å²) in [6.45, 7) is 0. The average molecular weight is 268 g/mol. The molecule has 0 bridgehead atoms. The predicted octanol–water partition coefficient (Wildman–Crippen LogP) is 5.96. The number of hydrogen-bond acceptors (Lipinski definition) is 0. The van der Waals surface area contributed by atoms with Crippen molar-refractivity contribution in [3.8, 4) is 0 Å². The van der Waals surface area contributed by atoms with Gasteiger partial charge in [0.2, 0.25) is 0 Å². The summed E-state index contributed by atoms with van der Waals surface area (Å²) in [5.41, 5.74) is 2.69. The van der Waals surface area contributed by atoms with Crippen molar-refractivity contribution in [2.24, 2.45) is 16.7 Å². The molecule has 0 aromatic carbocycles. The van der Waals surface area contributed by atoms with Gasteiger partial charge in [0.05, 0.1) is 0 Å². The van der Waals surface area contributed by atoms with Crippen LogP contribution in [-0.2, 0) is 0 Å². The minimum atomic E-state index is 0.492. The fraction of sp³-hybridized carbons (Fsp3) is 0.700. The molecule has 0 heterocycles. The van der Waals surface area contributed by atoms with Gasteiger partial charge in [-0.2, -0.15) is 0 Å². The lowest BCUT2D eigenvalue weighted by atomic mass is 9.58. The van der Waals surface area contributed by atoms with Gasteiger partial charge in [-0.15, -0.1) is 0 Å². The monoisotopic (exact) mass is 268 g/mol. The molecule has 1 saturated carbocycles. The SMILES string of the molecule is C1=C[C@H]2C=C[C@@]34CC=C1[C@]23CCCCCCCCCC4. The molecule has 0 saturated heterocycles. The van der Waals surface area contributed by atoms with Gasteiger partial charge >= 0.3 is 0 Å². The fourth-order valence-corrected chi connectivity index (χ4v) is 5.66. The molecule has 0 unspecified atom stereocenters. The van der Waals surface area contributed by atoms with Gasteiger partial charge in [-0.05, 0) is 24.8 Å². The summed E-state index contributed by atoms with van der Waals surface area (Å²) in [5.74, 6) is 0.721. The molecule has 4 aliphatic carbocycles. The molecule has 0 nitrogen and oxygen atoms in total. The van der Waals surface area contributed by atoms with Gasteiger partial charge in [-0.3, -0.25) is 0 Å². The van der Waals surface area contributed by atoms with E-state index in [2.05, 4.69) is 30.4 Å². The number of hydrogen-bond donors (Lipinski definition) is 0. The van der Waals surface area contributed by atoms with Gasteiger partial charge in [-0.1, -0.05) is 81.7 Å². The second-order valence-electron chi connectivity index (χ2n) is 7.56. The molecule has 1 fully saturated rings. The highest BCUT2D eigenvalue weighted by atomic mass is 14.6. The van der Waals surface area contributed by atoms with Gasteiger partial charge in [-0.25, -0.2) is 0 Å². The summed E-state index contributed by atoms with van der Waals surface area (Å²) in [4.78, 5) is 0. The topological polar surface area (TPSA) is 0 Å². The third kappa shape index (κ3) is 1.66. The molecule has 0 aromatic heterocycles. The summed E-state index contributed by atoms with van der Waals surface area (Å²) in [6, 6.07) is 0. The largest absolute Gasteiger partial charge is 0.0804 e. The summed E-state index contributed by atoms with van der Waals surface area (Å²) >= 11 is 0. The molecule has 4 rings (SSSR count). The van der Waals surface area contributed by atoms with Crippen molar-refractivity contribution in [3.05, 3.63) is 36.0 Å². The van der Waals surface area contributed by atoms with Crippen LogP contribution in [0.25, 0.3) is 0 Å². The summed E-state index contributed by atoms with van der Waals surface area (Å²) in [5, 5.41) is 0. The van der Waals surface area contributed by atoms with Crippen molar-refractivity contribution in [1.29, 1.82) is 0 Å². The van der Waals surface area contributed by atoms with Gasteiger partial charge in [0.25, 0.3) is 0 Å². The normalized spacial score (nSPS) is 43.6. The zero-order valence-electron chi connectivity index (χ0n) is 12.7. The minimum Gasteiger partial charge on any atom is -0.0804 e. The second-order valence-corrected chi connectivity index (χ2v) is 7.56. The standard InChI is InChI=1S/C20H28/c1-2-4-6-8-14-20-17-9-10-18(20)12-16-19(20,15-11-17)13-7-5-3-1/h9-12,15,17H,1-8,13-14,16H2/t17-,19-,20-/m0/s1. The molecule has 0 amide bonds. The fourth-order valence-electron chi connectivity index (χ4n) is 5.66. The van der Waals surface area contributed by atoms with Crippen molar-refractivity contribution in [2.75, 3.05) is 0 Å². The maximum absolute atomic E-state index is 2.64. The Morgan fingerprint density at radius 2 is 1.50 bits per heavy atom. The Balaban J connectivity index is 1.63. The highest BCUT2D eigenvalue weighted by Crippen LogP contribution is 2.69. The van der Waals surface area contributed by atoms with Crippen molar-refractivity contribution < 1.29 is 0 Å². The van der Waals surface area contributed by atoms with E-state index in [1.54, 1.807) is 5.57 Å². The Bertz CT molecular complexity index is 466. The van der Waals surface area contributed by atoms with Crippen molar-refractivity contribution in [3.63, 3.8) is 0 Å². The zero-order valence-corrected chi connectivity index (χ0v) is 12.7. The Labute approximate surface area is 124 Å². The Hall–Kier alpha value is -0.780. The Morgan fingerprint density at radius 1 is 0.800 bits per heavy atom. The van der Waals surface area contributed by atoms with E-state index in [1.807, 2.05) is 0 Å². The van der Waals surface area contributed by atoms with Crippen molar-refractivity contribution in [2.45, 2.75) is 70.6 Å². The summed E-state index contributed by atoms with van der Waals surface area (Å²) in [6.07, 6.45) is 28.6. The van der Waals surface area contributed by atoms with Crippen LogP contribution < -0.4 is 0 Å². The molecule has 0 aliphatic heterocycles. The molecular formula is C20H28. The van der Waals surface area contributed by atoms with Crippen LogP contribution in [0, 0.1) is 16.7 Å². The maximum Gasteiger partial charge on any atom is 0.0141 e. The predicted molar refractivity (Wildman–Crippen MR) is 85.5 cm³/mol. The van der Waals surface area contributed by atoms with E-state index in [0.717, 1.165) is 5.92 Å². The average Bonchev–Trinajstić information content (AvgIpc) is 3.04.